The molecule has 38 heavy (non-hydrogen) atoms. The molecule has 13 heteroatoms. The van der Waals surface area contributed by atoms with Crippen molar-refractivity contribution in [3.05, 3.63) is 76.6 Å². The van der Waals surface area contributed by atoms with Gasteiger partial charge < -0.3 is 30.7 Å². The van der Waals surface area contributed by atoms with Crippen LogP contribution in [0, 0.1) is 11.3 Å². The molecule has 0 saturated carbocycles. The van der Waals surface area contributed by atoms with Crippen molar-refractivity contribution >= 4 is 40.5 Å². The highest BCUT2D eigenvalue weighted by atomic mass is 35.5. The van der Waals surface area contributed by atoms with Gasteiger partial charge in [0.1, 0.15) is 31.2 Å². The van der Waals surface area contributed by atoms with Crippen molar-refractivity contribution in [2.24, 2.45) is 0 Å². The number of ether oxygens (including phenoxy) is 2. The molecule has 3 heterocycles. The van der Waals surface area contributed by atoms with Crippen LogP contribution in [0.5, 0.6) is 0 Å². The number of imidazole rings is 1. The summed E-state index contributed by atoms with van der Waals surface area (Å²) in [4.78, 5) is 25.2. The Morgan fingerprint density at radius 3 is 2.61 bits per heavy atom. The maximum Gasteiger partial charge on any atom is 0.338 e. The maximum atomic E-state index is 12.4. The van der Waals surface area contributed by atoms with E-state index in [-0.39, 0.29) is 35.1 Å². The van der Waals surface area contributed by atoms with Crippen molar-refractivity contribution in [3.63, 3.8) is 0 Å². The van der Waals surface area contributed by atoms with Crippen LogP contribution in [0.25, 0.3) is 11.2 Å². The maximum absolute atomic E-state index is 12.4. The lowest BCUT2D eigenvalue weighted by Crippen LogP contribution is -2.34. The largest absolute Gasteiger partial charge is 0.459 e. The van der Waals surface area contributed by atoms with Crippen LogP contribution in [0.2, 0.25) is 5.02 Å². The number of anilines is 2. The Bertz CT molecular complexity index is 1500. The van der Waals surface area contributed by atoms with Crippen molar-refractivity contribution in [1.29, 1.82) is 5.26 Å². The van der Waals surface area contributed by atoms with Crippen molar-refractivity contribution in [2.75, 3.05) is 17.7 Å². The van der Waals surface area contributed by atoms with Crippen LogP contribution in [0.4, 0.5) is 11.8 Å². The summed E-state index contributed by atoms with van der Waals surface area (Å²) in [6.45, 7) is 0.0235. The number of aliphatic hydroxyl groups excluding tert-OH is 2. The SMILES string of the molecule is N#Cc1ccc(C(=O)OCC2OC(n3c(NCc4ccc(Cl)cc4)nc4c(N)ncnc43)C(O)C2O)cc1. The van der Waals surface area contributed by atoms with Gasteiger partial charge in [0.15, 0.2) is 23.2 Å². The Kier molecular flexibility index (Phi) is 7.08. The normalized spacial score (nSPS) is 20.8. The Morgan fingerprint density at radius 1 is 1.16 bits per heavy atom. The zero-order valence-corrected chi connectivity index (χ0v) is 20.5. The Labute approximate surface area is 221 Å². The van der Waals surface area contributed by atoms with Gasteiger partial charge in [-0.3, -0.25) is 4.57 Å². The number of esters is 1. The molecule has 5 N–H and O–H groups in total. The average Bonchev–Trinajstić information content (AvgIpc) is 3.44. The van der Waals surface area contributed by atoms with Crippen LogP contribution < -0.4 is 11.1 Å². The third-order valence-corrected chi connectivity index (χ3v) is 6.34. The van der Waals surface area contributed by atoms with Crippen molar-refractivity contribution < 1.29 is 24.5 Å². The second-order valence-corrected chi connectivity index (χ2v) is 8.99. The summed E-state index contributed by atoms with van der Waals surface area (Å²) in [6.07, 6.45) is -3.70. The summed E-state index contributed by atoms with van der Waals surface area (Å²) >= 11 is 5.97. The number of hydrogen-bond acceptors (Lipinski definition) is 11. The number of nitriles is 1. The van der Waals surface area contributed by atoms with E-state index in [4.69, 9.17) is 32.1 Å². The minimum Gasteiger partial charge on any atom is -0.459 e. The Morgan fingerprint density at radius 2 is 1.89 bits per heavy atom. The number of halogens is 1. The molecule has 194 valence electrons. The number of benzene rings is 2. The topological polar surface area (TPSA) is 181 Å². The van der Waals surface area contributed by atoms with Gasteiger partial charge in [0, 0.05) is 11.6 Å². The van der Waals surface area contributed by atoms with Crippen molar-refractivity contribution in [1.82, 2.24) is 19.5 Å². The van der Waals surface area contributed by atoms with Gasteiger partial charge in [-0.25, -0.2) is 19.7 Å². The van der Waals surface area contributed by atoms with E-state index in [1.54, 1.807) is 12.1 Å². The minimum absolute atomic E-state index is 0.129. The molecule has 0 spiro atoms. The molecule has 0 aliphatic carbocycles. The molecule has 1 saturated heterocycles. The molecular weight excluding hydrogens is 514 g/mol. The summed E-state index contributed by atoms with van der Waals surface area (Å²) in [7, 11) is 0. The van der Waals surface area contributed by atoms with Gasteiger partial charge in [0.25, 0.3) is 0 Å². The molecule has 0 bridgehead atoms. The minimum atomic E-state index is -1.40. The number of nitrogens with two attached hydrogens (primary N) is 1. The van der Waals surface area contributed by atoms with Crippen LogP contribution in [-0.4, -0.2) is 60.6 Å². The fraction of sp³-hybridized carbons (Fsp3) is 0.240. The van der Waals surface area contributed by atoms with Gasteiger partial charge in [-0.2, -0.15) is 5.26 Å². The zero-order chi connectivity index (χ0) is 26.8. The highest BCUT2D eigenvalue weighted by Gasteiger charge is 2.46. The molecular formula is C25H22ClN7O5. The number of rotatable bonds is 7. The number of nitrogen functional groups attached to an aromatic ring is 1. The summed E-state index contributed by atoms with van der Waals surface area (Å²) in [5.74, 6) is -0.264. The van der Waals surface area contributed by atoms with Crippen LogP contribution in [-0.2, 0) is 16.0 Å². The van der Waals surface area contributed by atoms with E-state index in [1.165, 1.54) is 35.2 Å². The van der Waals surface area contributed by atoms with E-state index in [0.29, 0.717) is 17.1 Å². The Hall–Kier alpha value is -4.28. The first-order chi connectivity index (χ1) is 18.4. The first-order valence-electron chi connectivity index (χ1n) is 11.5. The molecule has 0 amide bonds. The lowest BCUT2D eigenvalue weighted by atomic mass is 10.1. The summed E-state index contributed by atoms with van der Waals surface area (Å²) in [5.41, 5.74) is 8.12. The van der Waals surface area contributed by atoms with Gasteiger partial charge in [-0.05, 0) is 42.0 Å². The van der Waals surface area contributed by atoms with E-state index in [0.717, 1.165) is 5.56 Å². The van der Waals surface area contributed by atoms with Gasteiger partial charge in [-0.15, -0.1) is 0 Å². The predicted octanol–water partition coefficient (Wildman–Crippen LogP) is 2.02. The number of hydrogen-bond donors (Lipinski definition) is 4. The smallest absolute Gasteiger partial charge is 0.338 e. The van der Waals surface area contributed by atoms with Gasteiger partial charge in [0.05, 0.1) is 17.2 Å². The molecule has 4 atom stereocenters. The van der Waals surface area contributed by atoms with Crippen LogP contribution >= 0.6 is 11.6 Å². The monoisotopic (exact) mass is 535 g/mol. The Balaban J connectivity index is 1.36. The van der Waals surface area contributed by atoms with Gasteiger partial charge >= 0.3 is 5.97 Å². The second kappa shape index (κ2) is 10.6. The number of carbonyl (C=O) groups is 1. The fourth-order valence-corrected chi connectivity index (χ4v) is 4.20. The average molecular weight is 536 g/mol. The third kappa shape index (κ3) is 4.96. The summed E-state index contributed by atoms with van der Waals surface area (Å²) < 4.78 is 12.7. The molecule has 4 aromatic rings. The molecule has 1 aliphatic rings. The number of aliphatic hydroxyl groups is 2. The molecule has 2 aromatic carbocycles. The van der Waals surface area contributed by atoms with Gasteiger partial charge in [-0.1, -0.05) is 23.7 Å². The lowest BCUT2D eigenvalue weighted by Gasteiger charge is -2.19. The lowest BCUT2D eigenvalue weighted by molar-refractivity contribution is -0.0557. The summed E-state index contributed by atoms with van der Waals surface area (Å²) in [6, 6.07) is 15.1. The fourth-order valence-electron chi connectivity index (χ4n) is 4.08. The van der Waals surface area contributed by atoms with E-state index in [2.05, 4.69) is 20.3 Å². The van der Waals surface area contributed by atoms with Crippen LogP contribution in [0.1, 0.15) is 27.7 Å². The third-order valence-electron chi connectivity index (χ3n) is 6.09. The zero-order valence-electron chi connectivity index (χ0n) is 19.7. The van der Waals surface area contributed by atoms with Crippen LogP contribution in [0.3, 0.4) is 0 Å². The molecule has 2 aromatic heterocycles. The molecule has 1 fully saturated rings. The number of nitrogens with zero attached hydrogens (tertiary/aromatic N) is 5. The van der Waals surface area contributed by atoms with Crippen LogP contribution in [0.15, 0.2) is 54.9 Å². The highest BCUT2D eigenvalue weighted by Crippen LogP contribution is 2.35. The van der Waals surface area contributed by atoms with Gasteiger partial charge in [0.2, 0.25) is 5.95 Å². The van der Waals surface area contributed by atoms with E-state index < -0.39 is 30.5 Å². The molecule has 0 radical (unpaired) electrons. The van der Waals surface area contributed by atoms with E-state index in [1.807, 2.05) is 18.2 Å². The number of fused-ring (bicyclic) bond motifs is 1. The van der Waals surface area contributed by atoms with E-state index in [9.17, 15) is 15.0 Å². The molecule has 5 rings (SSSR count). The first-order valence-corrected chi connectivity index (χ1v) is 11.9. The van der Waals surface area contributed by atoms with Crippen molar-refractivity contribution in [2.45, 2.75) is 31.1 Å². The van der Waals surface area contributed by atoms with Crippen molar-refractivity contribution in [3.8, 4) is 6.07 Å². The predicted molar refractivity (Wildman–Crippen MR) is 136 cm³/mol. The number of aromatic nitrogens is 4. The molecule has 1 aliphatic heterocycles. The molecule has 4 unspecified atom stereocenters. The summed E-state index contributed by atoms with van der Waals surface area (Å²) in [5, 5.41) is 34.3. The van der Waals surface area contributed by atoms with E-state index >= 15 is 0 Å². The number of nitrogens with one attached hydrogen (secondary N) is 1. The standard InChI is InChI=1S/C25H22ClN7O5/c26-16-7-3-14(4-8-16)10-29-25-32-18-21(28)30-12-31-22(18)33(25)23-20(35)19(34)17(38-23)11-37-24(36)15-5-1-13(9-27)2-6-15/h1-8,12,17,19-20,23,34-35H,10-11H2,(H,29,32)(H2,28,30,31). The second-order valence-electron chi connectivity index (χ2n) is 8.55. The quantitative estimate of drug-likeness (QED) is 0.254. The first kappa shape index (κ1) is 25.4. The highest BCUT2D eigenvalue weighted by molar-refractivity contribution is 6.30. The number of carbonyl (C=O) groups excluding carboxylic acids is 1. The molecule has 12 nitrogen and oxygen atoms in total.